The zero-order chi connectivity index (χ0) is 20.8. The number of nitrogens with zero attached hydrogens (tertiary/aromatic N) is 3. The number of carbonyl (C=O) groups excluding carboxylic acids is 1. The molecule has 0 aromatic heterocycles. The molecule has 7 nitrogen and oxygen atoms in total. The predicted molar refractivity (Wildman–Crippen MR) is 107 cm³/mol. The van der Waals surface area contributed by atoms with Gasteiger partial charge in [0.25, 0.3) is 5.70 Å². The molecule has 0 aromatic rings. The molecule has 0 aliphatic carbocycles. The van der Waals surface area contributed by atoms with Gasteiger partial charge in [0.1, 0.15) is 5.60 Å². The molecule has 0 radical (unpaired) electrons. The van der Waals surface area contributed by atoms with Crippen molar-refractivity contribution in [3.05, 3.63) is 44.8 Å². The van der Waals surface area contributed by atoms with E-state index >= 15 is 0 Å². The zero-order valence-corrected chi connectivity index (χ0v) is 17.7. The first-order chi connectivity index (χ1) is 12.5. The van der Waals surface area contributed by atoms with Gasteiger partial charge in [-0.3, -0.25) is 10.1 Å². The Labute approximate surface area is 162 Å². The van der Waals surface area contributed by atoms with Crippen LogP contribution in [0.5, 0.6) is 0 Å². The van der Waals surface area contributed by atoms with Crippen LogP contribution in [0.2, 0.25) is 0 Å². The Morgan fingerprint density at radius 3 is 2.04 bits per heavy atom. The number of hydrogen-bond acceptors (Lipinski definition) is 5. The molecule has 0 bridgehead atoms. The van der Waals surface area contributed by atoms with Crippen molar-refractivity contribution >= 4 is 6.09 Å². The van der Waals surface area contributed by atoms with Crippen LogP contribution in [0.15, 0.2) is 34.7 Å². The monoisotopic (exact) mass is 379 g/mol. The molecule has 0 unspecified atom stereocenters. The summed E-state index contributed by atoms with van der Waals surface area (Å²) in [5, 5.41) is 11.4. The van der Waals surface area contributed by atoms with Gasteiger partial charge in [-0.25, -0.2) is 4.79 Å². The van der Waals surface area contributed by atoms with Gasteiger partial charge in [0.05, 0.1) is 4.92 Å². The first kappa shape index (κ1) is 22.7. The maximum Gasteiger partial charge on any atom is 0.410 e. The van der Waals surface area contributed by atoms with Crippen molar-refractivity contribution in [2.45, 2.75) is 60.5 Å². The number of ether oxygens (including phenoxy) is 1. The Bertz CT molecular complexity index is 649. The van der Waals surface area contributed by atoms with E-state index in [2.05, 4.69) is 4.90 Å². The van der Waals surface area contributed by atoms with Crippen molar-refractivity contribution in [3.63, 3.8) is 0 Å². The minimum Gasteiger partial charge on any atom is -0.444 e. The van der Waals surface area contributed by atoms with Crippen molar-refractivity contribution in [2.24, 2.45) is 0 Å². The molecular formula is C20H33N3O4. The molecule has 27 heavy (non-hydrogen) atoms. The SMILES string of the molecule is CC/C(C)=C(C)/C(=C\C=C(/C)N1CCN(C(=O)OC(C)(C)C)CC1)[N+](=O)[O-]. The highest BCUT2D eigenvalue weighted by Crippen LogP contribution is 2.19. The van der Waals surface area contributed by atoms with Crippen LogP contribution in [-0.2, 0) is 4.74 Å². The average Bonchev–Trinajstić information content (AvgIpc) is 2.59. The summed E-state index contributed by atoms with van der Waals surface area (Å²) in [6.07, 6.45) is 3.85. The highest BCUT2D eigenvalue weighted by Gasteiger charge is 2.25. The molecule has 0 aromatic carbocycles. The fourth-order valence-electron chi connectivity index (χ4n) is 2.68. The summed E-state index contributed by atoms with van der Waals surface area (Å²) in [5.41, 5.74) is 2.29. The molecule has 1 rings (SSSR count). The summed E-state index contributed by atoms with van der Waals surface area (Å²) in [4.78, 5) is 27.0. The van der Waals surface area contributed by atoms with Crippen LogP contribution >= 0.6 is 0 Å². The zero-order valence-electron chi connectivity index (χ0n) is 17.7. The van der Waals surface area contributed by atoms with E-state index in [-0.39, 0.29) is 16.7 Å². The van der Waals surface area contributed by atoms with E-state index in [0.717, 1.165) is 17.7 Å². The Morgan fingerprint density at radius 2 is 1.59 bits per heavy atom. The van der Waals surface area contributed by atoms with Gasteiger partial charge in [-0.1, -0.05) is 12.5 Å². The Morgan fingerprint density at radius 1 is 1.07 bits per heavy atom. The van der Waals surface area contributed by atoms with Crippen LogP contribution in [0, 0.1) is 10.1 Å². The molecule has 7 heteroatoms. The van der Waals surface area contributed by atoms with E-state index in [9.17, 15) is 14.9 Å². The molecule has 1 amide bonds. The molecule has 0 saturated carbocycles. The topological polar surface area (TPSA) is 75.9 Å². The molecule has 1 aliphatic rings. The van der Waals surface area contributed by atoms with Crippen molar-refractivity contribution in [1.29, 1.82) is 0 Å². The van der Waals surface area contributed by atoms with Gasteiger partial charge in [0, 0.05) is 43.5 Å². The van der Waals surface area contributed by atoms with Gasteiger partial charge >= 0.3 is 6.09 Å². The van der Waals surface area contributed by atoms with Gasteiger partial charge in [0.15, 0.2) is 0 Å². The van der Waals surface area contributed by atoms with Crippen LogP contribution < -0.4 is 0 Å². The normalized spacial score (nSPS) is 17.6. The standard InChI is InChI=1S/C20H33N3O4/c1-8-15(2)17(4)18(23(25)26)10-9-16(3)21-11-13-22(14-12-21)19(24)27-20(5,6)7/h9-10H,8,11-14H2,1-7H3/b16-9+,17-15+,18-10+. The minimum absolute atomic E-state index is 0.126. The summed E-state index contributed by atoms with van der Waals surface area (Å²) in [5.74, 6) is 0. The van der Waals surface area contributed by atoms with E-state index in [1.807, 2.05) is 41.5 Å². The van der Waals surface area contributed by atoms with Crippen LogP contribution in [0.4, 0.5) is 4.79 Å². The lowest BCUT2D eigenvalue weighted by atomic mass is 10.1. The van der Waals surface area contributed by atoms with Gasteiger partial charge in [-0.15, -0.1) is 0 Å². The minimum atomic E-state index is -0.504. The van der Waals surface area contributed by atoms with Crippen LogP contribution in [0.1, 0.15) is 54.9 Å². The number of piperazine rings is 1. The van der Waals surface area contributed by atoms with E-state index in [4.69, 9.17) is 4.74 Å². The summed E-state index contributed by atoms with van der Waals surface area (Å²) in [6, 6.07) is 0. The summed E-state index contributed by atoms with van der Waals surface area (Å²) in [7, 11) is 0. The van der Waals surface area contributed by atoms with Gasteiger partial charge < -0.3 is 14.5 Å². The van der Waals surface area contributed by atoms with E-state index in [1.165, 1.54) is 0 Å². The van der Waals surface area contributed by atoms with E-state index in [1.54, 1.807) is 24.0 Å². The van der Waals surface area contributed by atoms with E-state index in [0.29, 0.717) is 31.8 Å². The third-order valence-corrected chi connectivity index (χ3v) is 4.66. The first-order valence-electron chi connectivity index (χ1n) is 9.38. The smallest absolute Gasteiger partial charge is 0.410 e. The van der Waals surface area contributed by atoms with Crippen molar-refractivity contribution in [1.82, 2.24) is 9.80 Å². The lowest BCUT2D eigenvalue weighted by Crippen LogP contribution is -2.49. The molecule has 1 fully saturated rings. The highest BCUT2D eigenvalue weighted by atomic mass is 16.6. The third-order valence-electron chi connectivity index (χ3n) is 4.66. The first-order valence-corrected chi connectivity index (χ1v) is 9.38. The second-order valence-electron chi connectivity index (χ2n) is 7.83. The average molecular weight is 380 g/mol. The Balaban J connectivity index is 2.79. The molecule has 0 N–H and O–H groups in total. The number of rotatable bonds is 5. The fourth-order valence-corrected chi connectivity index (χ4v) is 2.68. The molecule has 1 aliphatic heterocycles. The molecule has 1 saturated heterocycles. The number of amides is 1. The maximum absolute atomic E-state index is 12.1. The van der Waals surface area contributed by atoms with Crippen molar-refractivity contribution in [3.8, 4) is 0 Å². The van der Waals surface area contributed by atoms with Gasteiger partial charge in [-0.2, -0.15) is 0 Å². The fraction of sp³-hybridized carbons (Fsp3) is 0.650. The highest BCUT2D eigenvalue weighted by molar-refractivity contribution is 5.68. The van der Waals surface area contributed by atoms with Gasteiger partial charge in [0.2, 0.25) is 0 Å². The molecular weight excluding hydrogens is 346 g/mol. The number of nitro groups is 1. The lowest BCUT2D eigenvalue weighted by molar-refractivity contribution is -0.420. The lowest BCUT2D eigenvalue weighted by Gasteiger charge is -2.37. The van der Waals surface area contributed by atoms with Crippen LogP contribution in [0.25, 0.3) is 0 Å². The van der Waals surface area contributed by atoms with Crippen LogP contribution in [0.3, 0.4) is 0 Å². The van der Waals surface area contributed by atoms with E-state index < -0.39 is 5.60 Å². The van der Waals surface area contributed by atoms with Crippen LogP contribution in [-0.4, -0.2) is 52.6 Å². The second-order valence-corrected chi connectivity index (χ2v) is 7.83. The number of allylic oxidation sites excluding steroid dienone is 5. The largest absolute Gasteiger partial charge is 0.444 e. The maximum atomic E-state index is 12.1. The molecule has 0 atom stereocenters. The van der Waals surface area contributed by atoms with Crippen molar-refractivity contribution < 1.29 is 14.5 Å². The molecule has 0 spiro atoms. The molecule has 1 heterocycles. The Hall–Kier alpha value is -2.31. The number of carbonyl (C=O) groups is 1. The number of hydrogen-bond donors (Lipinski definition) is 0. The Kier molecular flexibility index (Phi) is 8.06. The summed E-state index contributed by atoms with van der Waals surface area (Å²) in [6.45, 7) is 15.7. The predicted octanol–water partition coefficient (Wildman–Crippen LogP) is 4.35. The van der Waals surface area contributed by atoms with Crippen molar-refractivity contribution in [2.75, 3.05) is 26.2 Å². The molecule has 152 valence electrons. The second kappa shape index (κ2) is 9.58. The van der Waals surface area contributed by atoms with Gasteiger partial charge in [-0.05, 0) is 54.0 Å². The summed E-state index contributed by atoms with van der Waals surface area (Å²) >= 11 is 0. The quantitative estimate of drug-likeness (QED) is 0.403. The third kappa shape index (κ3) is 7.07. The summed E-state index contributed by atoms with van der Waals surface area (Å²) < 4.78 is 5.40.